The summed E-state index contributed by atoms with van der Waals surface area (Å²) in [5.74, 6) is -0.653. The molecule has 4 rings (SSSR count). The molecule has 1 aromatic heterocycles. The molecule has 0 bridgehead atoms. The molecule has 0 fully saturated rings. The van der Waals surface area contributed by atoms with Gasteiger partial charge in [-0.15, -0.1) is 0 Å². The zero-order valence-corrected chi connectivity index (χ0v) is 16.0. The lowest BCUT2D eigenvalue weighted by Gasteiger charge is -2.10. The van der Waals surface area contributed by atoms with E-state index in [1.165, 1.54) is 18.2 Å². The zero-order valence-electron chi connectivity index (χ0n) is 16.0. The standard InChI is InChI=1S/C23H17NO6/c1-14-7-9-19-17(11-14)21(25)22(26)23(30-19)16-8-10-20(18(12-16)24(27)28)29-13-15-5-3-2-4-6-15/h2-12,26H,13H2,1H3. The van der Waals surface area contributed by atoms with E-state index >= 15 is 0 Å². The number of nitro groups is 1. The van der Waals surface area contributed by atoms with Gasteiger partial charge in [0.15, 0.2) is 11.5 Å². The molecule has 7 heteroatoms. The van der Waals surface area contributed by atoms with Crippen LogP contribution in [0, 0.1) is 17.0 Å². The first-order chi connectivity index (χ1) is 14.4. The molecule has 0 saturated heterocycles. The predicted molar refractivity (Wildman–Crippen MR) is 112 cm³/mol. The molecule has 0 saturated carbocycles. The average molecular weight is 403 g/mol. The Kier molecular flexibility index (Phi) is 4.93. The Balaban J connectivity index is 1.76. The van der Waals surface area contributed by atoms with Crippen molar-refractivity contribution in [2.75, 3.05) is 0 Å². The van der Waals surface area contributed by atoms with Crippen LogP contribution < -0.4 is 10.2 Å². The van der Waals surface area contributed by atoms with Crippen molar-refractivity contribution >= 4 is 16.7 Å². The zero-order chi connectivity index (χ0) is 21.3. The van der Waals surface area contributed by atoms with Gasteiger partial charge >= 0.3 is 5.69 Å². The minimum Gasteiger partial charge on any atom is -0.502 e. The molecule has 7 nitrogen and oxygen atoms in total. The fourth-order valence-corrected chi connectivity index (χ4v) is 3.15. The minimum absolute atomic E-state index is 0.0749. The summed E-state index contributed by atoms with van der Waals surface area (Å²) < 4.78 is 11.3. The van der Waals surface area contributed by atoms with Crippen molar-refractivity contribution in [3.05, 3.63) is 98.2 Å². The number of fused-ring (bicyclic) bond motifs is 1. The topological polar surface area (TPSA) is 103 Å². The van der Waals surface area contributed by atoms with Gasteiger partial charge in [0.1, 0.15) is 12.2 Å². The van der Waals surface area contributed by atoms with E-state index < -0.39 is 16.1 Å². The van der Waals surface area contributed by atoms with Gasteiger partial charge in [-0.25, -0.2) is 0 Å². The van der Waals surface area contributed by atoms with Crippen molar-refractivity contribution in [3.63, 3.8) is 0 Å². The summed E-state index contributed by atoms with van der Waals surface area (Å²) in [6.07, 6.45) is 0. The third kappa shape index (κ3) is 3.60. The summed E-state index contributed by atoms with van der Waals surface area (Å²) in [4.78, 5) is 23.6. The van der Waals surface area contributed by atoms with E-state index in [0.717, 1.165) is 11.1 Å². The van der Waals surface area contributed by atoms with Crippen molar-refractivity contribution in [2.24, 2.45) is 0 Å². The third-order valence-corrected chi connectivity index (χ3v) is 4.68. The average Bonchev–Trinajstić information content (AvgIpc) is 2.76. The van der Waals surface area contributed by atoms with E-state index in [2.05, 4.69) is 0 Å². The Morgan fingerprint density at radius 1 is 1.07 bits per heavy atom. The van der Waals surface area contributed by atoms with Gasteiger partial charge in [0, 0.05) is 11.6 Å². The van der Waals surface area contributed by atoms with Crippen LogP contribution in [0.5, 0.6) is 11.5 Å². The molecule has 3 aromatic carbocycles. The van der Waals surface area contributed by atoms with E-state index in [1.807, 2.05) is 37.3 Å². The molecule has 0 aliphatic carbocycles. The Hall–Kier alpha value is -4.13. The Bertz CT molecular complexity index is 1310. The maximum absolute atomic E-state index is 12.6. The van der Waals surface area contributed by atoms with Gasteiger partial charge in [0.2, 0.25) is 11.2 Å². The van der Waals surface area contributed by atoms with Crippen LogP contribution in [0.1, 0.15) is 11.1 Å². The number of hydrogen-bond donors (Lipinski definition) is 1. The number of nitrogens with zero attached hydrogens (tertiary/aromatic N) is 1. The summed E-state index contributed by atoms with van der Waals surface area (Å²) in [6, 6.07) is 18.4. The first-order valence-electron chi connectivity index (χ1n) is 9.16. The largest absolute Gasteiger partial charge is 0.502 e. The highest BCUT2D eigenvalue weighted by Gasteiger charge is 2.21. The lowest BCUT2D eigenvalue weighted by atomic mass is 10.1. The van der Waals surface area contributed by atoms with Crippen LogP contribution in [0.4, 0.5) is 5.69 Å². The lowest BCUT2D eigenvalue weighted by Crippen LogP contribution is -2.03. The molecular formula is C23H17NO6. The molecule has 0 radical (unpaired) electrons. The maximum atomic E-state index is 12.6. The summed E-state index contributed by atoms with van der Waals surface area (Å²) >= 11 is 0. The fraction of sp³-hybridized carbons (Fsp3) is 0.0870. The monoisotopic (exact) mass is 403 g/mol. The molecule has 0 atom stereocenters. The van der Waals surface area contributed by atoms with Crippen molar-refractivity contribution in [2.45, 2.75) is 13.5 Å². The first kappa shape index (κ1) is 19.2. The molecule has 150 valence electrons. The molecule has 0 unspecified atom stereocenters. The molecule has 30 heavy (non-hydrogen) atoms. The number of ether oxygens (including phenoxy) is 1. The number of aromatic hydroxyl groups is 1. The second-order valence-corrected chi connectivity index (χ2v) is 6.82. The van der Waals surface area contributed by atoms with E-state index in [1.54, 1.807) is 18.2 Å². The van der Waals surface area contributed by atoms with Gasteiger partial charge in [-0.3, -0.25) is 14.9 Å². The molecule has 0 aliphatic rings. The van der Waals surface area contributed by atoms with Crippen LogP contribution in [-0.4, -0.2) is 10.0 Å². The van der Waals surface area contributed by atoms with Gasteiger partial charge in [-0.2, -0.15) is 0 Å². The van der Waals surface area contributed by atoms with Crippen LogP contribution in [0.25, 0.3) is 22.3 Å². The summed E-state index contributed by atoms with van der Waals surface area (Å²) in [6.45, 7) is 1.98. The van der Waals surface area contributed by atoms with Gasteiger partial charge in [-0.1, -0.05) is 42.0 Å². The predicted octanol–water partition coefficient (Wildman–Crippen LogP) is 4.96. The van der Waals surface area contributed by atoms with Crippen molar-refractivity contribution in [1.82, 2.24) is 0 Å². The van der Waals surface area contributed by atoms with Crippen molar-refractivity contribution in [1.29, 1.82) is 0 Å². The van der Waals surface area contributed by atoms with Crippen LogP contribution in [0.2, 0.25) is 0 Å². The highest BCUT2D eigenvalue weighted by atomic mass is 16.6. The quantitative estimate of drug-likeness (QED) is 0.373. The third-order valence-electron chi connectivity index (χ3n) is 4.68. The van der Waals surface area contributed by atoms with Gasteiger partial charge in [-0.05, 0) is 36.8 Å². The Labute approximate surface area is 170 Å². The van der Waals surface area contributed by atoms with Crippen LogP contribution in [0.15, 0.2) is 75.9 Å². The number of hydrogen-bond acceptors (Lipinski definition) is 6. The molecule has 1 heterocycles. The number of nitro benzene ring substituents is 1. The van der Waals surface area contributed by atoms with Crippen LogP contribution in [0.3, 0.4) is 0 Å². The molecular weight excluding hydrogens is 386 g/mol. The normalized spacial score (nSPS) is 10.8. The molecule has 0 amide bonds. The summed E-state index contributed by atoms with van der Waals surface area (Å²) in [5.41, 5.74) is 1.30. The second kappa shape index (κ2) is 7.71. The Morgan fingerprint density at radius 2 is 1.83 bits per heavy atom. The van der Waals surface area contributed by atoms with Crippen molar-refractivity contribution < 1.29 is 19.2 Å². The van der Waals surface area contributed by atoms with Crippen molar-refractivity contribution in [3.8, 4) is 22.8 Å². The lowest BCUT2D eigenvalue weighted by molar-refractivity contribution is -0.385. The molecule has 1 N–H and O–H groups in total. The van der Waals surface area contributed by atoms with Gasteiger partial charge < -0.3 is 14.3 Å². The van der Waals surface area contributed by atoms with Crippen LogP contribution in [-0.2, 0) is 6.61 Å². The van der Waals surface area contributed by atoms with E-state index in [-0.39, 0.29) is 40.3 Å². The summed E-state index contributed by atoms with van der Waals surface area (Å²) in [7, 11) is 0. The highest BCUT2D eigenvalue weighted by Crippen LogP contribution is 2.36. The SMILES string of the molecule is Cc1ccc2oc(-c3ccc(OCc4ccccc4)c([N+](=O)[O-])c3)c(O)c(=O)c2c1. The Morgan fingerprint density at radius 3 is 2.57 bits per heavy atom. The number of rotatable bonds is 5. The minimum atomic E-state index is -0.597. The molecule has 0 aliphatic heterocycles. The highest BCUT2D eigenvalue weighted by molar-refractivity contribution is 5.82. The maximum Gasteiger partial charge on any atom is 0.311 e. The smallest absolute Gasteiger partial charge is 0.311 e. The van der Waals surface area contributed by atoms with E-state index in [0.29, 0.717) is 0 Å². The molecule has 0 spiro atoms. The van der Waals surface area contributed by atoms with Crippen LogP contribution >= 0.6 is 0 Å². The van der Waals surface area contributed by atoms with Gasteiger partial charge in [0.05, 0.1) is 10.3 Å². The first-order valence-corrected chi connectivity index (χ1v) is 9.16. The van der Waals surface area contributed by atoms with E-state index in [4.69, 9.17) is 9.15 Å². The fourth-order valence-electron chi connectivity index (χ4n) is 3.15. The number of benzene rings is 3. The second-order valence-electron chi connectivity index (χ2n) is 6.82. The van der Waals surface area contributed by atoms with Gasteiger partial charge in [0.25, 0.3) is 0 Å². The molecule has 4 aromatic rings. The summed E-state index contributed by atoms with van der Waals surface area (Å²) in [5, 5.41) is 22.2. The van der Waals surface area contributed by atoms with E-state index in [9.17, 15) is 20.0 Å². The number of aryl methyl sites for hydroxylation is 1.